The average molecular weight is 294 g/mol. The Morgan fingerprint density at radius 3 is 2.50 bits per heavy atom. The van der Waals surface area contributed by atoms with E-state index < -0.39 is 0 Å². The highest BCUT2D eigenvalue weighted by Crippen LogP contribution is 2.20. The minimum atomic E-state index is 0.00128. The van der Waals surface area contributed by atoms with Gasteiger partial charge in [0.2, 0.25) is 0 Å². The molecule has 0 atom stereocenters. The largest absolute Gasteiger partial charge is 0.493 e. The second-order valence-corrected chi connectivity index (χ2v) is 5.16. The SMILES string of the molecule is CCCCCOc1ccccc1C=CC(=O)c1ccccc1. The molecule has 0 spiro atoms. The van der Waals surface area contributed by atoms with Crippen molar-refractivity contribution in [2.75, 3.05) is 6.61 Å². The Hall–Kier alpha value is -2.35. The molecule has 2 aromatic rings. The first kappa shape index (κ1) is 16.0. The highest BCUT2D eigenvalue weighted by Gasteiger charge is 2.02. The Balaban J connectivity index is 2.02. The molecule has 0 aliphatic rings. The van der Waals surface area contributed by atoms with E-state index in [2.05, 4.69) is 6.92 Å². The van der Waals surface area contributed by atoms with Gasteiger partial charge in [0.05, 0.1) is 6.61 Å². The van der Waals surface area contributed by atoms with E-state index in [0.717, 1.165) is 17.7 Å². The van der Waals surface area contributed by atoms with Crippen molar-refractivity contribution in [3.05, 3.63) is 71.8 Å². The summed E-state index contributed by atoms with van der Waals surface area (Å²) in [5, 5.41) is 0. The van der Waals surface area contributed by atoms with Crippen LogP contribution < -0.4 is 4.74 Å². The van der Waals surface area contributed by atoms with E-state index in [-0.39, 0.29) is 5.78 Å². The summed E-state index contributed by atoms with van der Waals surface area (Å²) in [4.78, 5) is 12.1. The summed E-state index contributed by atoms with van der Waals surface area (Å²) < 4.78 is 5.81. The van der Waals surface area contributed by atoms with Crippen molar-refractivity contribution in [2.24, 2.45) is 0 Å². The Labute approximate surface area is 132 Å². The van der Waals surface area contributed by atoms with Gasteiger partial charge in [0.1, 0.15) is 5.75 Å². The molecule has 2 heteroatoms. The number of rotatable bonds is 8. The number of ketones is 1. The fourth-order valence-corrected chi connectivity index (χ4v) is 2.15. The summed E-state index contributed by atoms with van der Waals surface area (Å²) in [6.45, 7) is 2.89. The van der Waals surface area contributed by atoms with Crippen molar-refractivity contribution in [3.63, 3.8) is 0 Å². The molecule has 22 heavy (non-hydrogen) atoms. The highest BCUT2D eigenvalue weighted by molar-refractivity contribution is 6.06. The number of benzene rings is 2. The van der Waals surface area contributed by atoms with E-state index in [1.165, 1.54) is 12.8 Å². The summed E-state index contributed by atoms with van der Waals surface area (Å²) >= 11 is 0. The van der Waals surface area contributed by atoms with E-state index in [0.29, 0.717) is 12.2 Å². The summed E-state index contributed by atoms with van der Waals surface area (Å²) in [6.07, 6.45) is 6.83. The van der Waals surface area contributed by atoms with Gasteiger partial charge >= 0.3 is 0 Å². The molecule has 0 aliphatic carbocycles. The first-order valence-corrected chi connectivity index (χ1v) is 7.80. The molecule has 0 radical (unpaired) electrons. The van der Waals surface area contributed by atoms with Crippen molar-refractivity contribution in [2.45, 2.75) is 26.2 Å². The highest BCUT2D eigenvalue weighted by atomic mass is 16.5. The maximum Gasteiger partial charge on any atom is 0.185 e. The quantitative estimate of drug-likeness (QED) is 0.382. The Morgan fingerprint density at radius 1 is 1.00 bits per heavy atom. The molecule has 0 saturated carbocycles. The molecular weight excluding hydrogens is 272 g/mol. The van der Waals surface area contributed by atoms with Crippen LogP contribution in [0.25, 0.3) is 6.08 Å². The summed E-state index contributed by atoms with van der Waals surface area (Å²) in [7, 11) is 0. The first-order chi connectivity index (χ1) is 10.8. The minimum Gasteiger partial charge on any atom is -0.493 e. The van der Waals surface area contributed by atoms with Crippen LogP contribution in [0.15, 0.2) is 60.7 Å². The van der Waals surface area contributed by atoms with Crippen LogP contribution in [0.1, 0.15) is 42.1 Å². The lowest BCUT2D eigenvalue weighted by Crippen LogP contribution is -1.98. The smallest absolute Gasteiger partial charge is 0.185 e. The van der Waals surface area contributed by atoms with Crippen LogP contribution in [0.2, 0.25) is 0 Å². The van der Waals surface area contributed by atoms with Crippen LogP contribution in [0.3, 0.4) is 0 Å². The van der Waals surface area contributed by atoms with E-state index >= 15 is 0 Å². The van der Waals surface area contributed by atoms with Crippen molar-refractivity contribution >= 4 is 11.9 Å². The molecular formula is C20H22O2. The molecule has 0 aliphatic heterocycles. The standard InChI is InChI=1S/C20H22O2/c1-2-3-9-16-22-20-13-8-7-12-18(20)14-15-19(21)17-10-5-4-6-11-17/h4-8,10-15H,2-3,9,16H2,1H3. The van der Waals surface area contributed by atoms with Crippen molar-refractivity contribution < 1.29 is 9.53 Å². The molecule has 0 amide bonds. The maximum atomic E-state index is 12.1. The Bertz CT molecular complexity index is 615. The average Bonchev–Trinajstić information content (AvgIpc) is 2.58. The molecule has 0 bridgehead atoms. The van der Waals surface area contributed by atoms with Crippen LogP contribution in [0.4, 0.5) is 0 Å². The predicted molar refractivity (Wildman–Crippen MR) is 91.3 cm³/mol. The summed E-state index contributed by atoms with van der Waals surface area (Å²) in [6, 6.07) is 17.1. The molecule has 0 N–H and O–H groups in total. The van der Waals surface area contributed by atoms with Gasteiger partial charge in [-0.25, -0.2) is 0 Å². The third kappa shape index (κ3) is 4.88. The number of ether oxygens (including phenoxy) is 1. The molecule has 0 unspecified atom stereocenters. The Kier molecular flexibility index (Phi) is 6.43. The predicted octanol–water partition coefficient (Wildman–Crippen LogP) is 5.15. The van der Waals surface area contributed by atoms with Crippen LogP contribution in [-0.2, 0) is 0 Å². The second-order valence-electron chi connectivity index (χ2n) is 5.16. The third-order valence-corrected chi connectivity index (χ3v) is 3.40. The van der Waals surface area contributed by atoms with Gasteiger partial charge in [0, 0.05) is 11.1 Å². The van der Waals surface area contributed by atoms with Crippen LogP contribution >= 0.6 is 0 Å². The van der Waals surface area contributed by atoms with Gasteiger partial charge in [-0.1, -0.05) is 68.3 Å². The number of carbonyl (C=O) groups is 1. The zero-order chi connectivity index (χ0) is 15.6. The van der Waals surface area contributed by atoms with Gasteiger partial charge in [0.25, 0.3) is 0 Å². The van der Waals surface area contributed by atoms with Gasteiger partial charge in [-0.2, -0.15) is 0 Å². The van der Waals surface area contributed by atoms with Crippen LogP contribution in [-0.4, -0.2) is 12.4 Å². The van der Waals surface area contributed by atoms with E-state index in [9.17, 15) is 4.79 Å². The zero-order valence-corrected chi connectivity index (χ0v) is 13.0. The molecule has 2 rings (SSSR count). The monoisotopic (exact) mass is 294 g/mol. The lowest BCUT2D eigenvalue weighted by molar-refractivity contribution is 0.104. The zero-order valence-electron chi connectivity index (χ0n) is 13.0. The number of para-hydroxylation sites is 1. The topological polar surface area (TPSA) is 26.3 Å². The van der Waals surface area contributed by atoms with Gasteiger partial charge in [-0.15, -0.1) is 0 Å². The van der Waals surface area contributed by atoms with Gasteiger partial charge in [-0.3, -0.25) is 4.79 Å². The lowest BCUT2D eigenvalue weighted by atomic mass is 10.1. The fraction of sp³-hybridized carbons (Fsp3) is 0.250. The normalized spacial score (nSPS) is 10.8. The number of hydrogen-bond acceptors (Lipinski definition) is 2. The minimum absolute atomic E-state index is 0.00128. The van der Waals surface area contributed by atoms with Crippen molar-refractivity contribution in [3.8, 4) is 5.75 Å². The number of unbranched alkanes of at least 4 members (excludes halogenated alkanes) is 2. The molecule has 114 valence electrons. The van der Waals surface area contributed by atoms with Gasteiger partial charge in [0.15, 0.2) is 5.78 Å². The van der Waals surface area contributed by atoms with E-state index in [1.807, 2.05) is 60.7 Å². The number of hydrogen-bond donors (Lipinski definition) is 0. The second kappa shape index (κ2) is 8.83. The number of allylic oxidation sites excluding steroid dienone is 1. The summed E-state index contributed by atoms with van der Waals surface area (Å²) in [5.74, 6) is 0.831. The Morgan fingerprint density at radius 2 is 1.73 bits per heavy atom. The van der Waals surface area contributed by atoms with Crippen LogP contribution in [0.5, 0.6) is 5.75 Å². The molecule has 0 saturated heterocycles. The first-order valence-electron chi connectivity index (χ1n) is 7.80. The third-order valence-electron chi connectivity index (χ3n) is 3.40. The van der Waals surface area contributed by atoms with Crippen LogP contribution in [0, 0.1) is 0 Å². The van der Waals surface area contributed by atoms with E-state index in [1.54, 1.807) is 6.08 Å². The molecule has 2 aromatic carbocycles. The molecule has 0 aromatic heterocycles. The molecule has 0 heterocycles. The van der Waals surface area contributed by atoms with Crippen molar-refractivity contribution in [1.82, 2.24) is 0 Å². The maximum absolute atomic E-state index is 12.1. The van der Waals surface area contributed by atoms with Crippen molar-refractivity contribution in [1.29, 1.82) is 0 Å². The van der Waals surface area contributed by atoms with Gasteiger partial charge < -0.3 is 4.74 Å². The van der Waals surface area contributed by atoms with E-state index in [4.69, 9.17) is 4.74 Å². The molecule has 0 fully saturated rings. The summed E-state index contributed by atoms with van der Waals surface area (Å²) in [5.41, 5.74) is 1.63. The van der Waals surface area contributed by atoms with Gasteiger partial charge in [-0.05, 0) is 24.6 Å². The fourth-order valence-electron chi connectivity index (χ4n) is 2.15. The number of carbonyl (C=O) groups excluding carboxylic acids is 1. The molecule has 2 nitrogen and oxygen atoms in total. The lowest BCUT2D eigenvalue weighted by Gasteiger charge is -2.08.